The van der Waals surface area contributed by atoms with Crippen molar-refractivity contribution in [2.24, 2.45) is 0 Å². The zero-order chi connectivity index (χ0) is 13.1. The van der Waals surface area contributed by atoms with E-state index >= 15 is 0 Å². The number of hydrogen-bond donors (Lipinski definition) is 1. The first-order valence-corrected chi connectivity index (χ1v) is 7.31. The molecule has 0 unspecified atom stereocenters. The van der Waals surface area contributed by atoms with Crippen LogP contribution in [-0.2, 0) is 5.75 Å². The van der Waals surface area contributed by atoms with Crippen LogP contribution in [0.2, 0.25) is 4.47 Å². The van der Waals surface area contributed by atoms with Crippen molar-refractivity contribution in [3.05, 3.63) is 44.9 Å². The molecular formula is C12H10ClNO2S2. The van der Waals surface area contributed by atoms with Crippen LogP contribution in [0.1, 0.15) is 20.8 Å². The highest BCUT2D eigenvalue weighted by Gasteiger charge is 2.08. The van der Waals surface area contributed by atoms with Gasteiger partial charge in [-0.05, 0) is 24.6 Å². The van der Waals surface area contributed by atoms with E-state index in [1.807, 2.05) is 12.1 Å². The highest BCUT2D eigenvalue weighted by atomic mass is 35.5. The average Bonchev–Trinajstić information content (AvgIpc) is 2.74. The molecule has 0 atom stereocenters. The smallest absolute Gasteiger partial charge is 0.335 e. The number of halogens is 1. The normalized spacial score (nSPS) is 10.6. The van der Waals surface area contributed by atoms with Crippen LogP contribution in [0.25, 0.3) is 0 Å². The molecule has 18 heavy (non-hydrogen) atoms. The van der Waals surface area contributed by atoms with Crippen molar-refractivity contribution in [1.82, 2.24) is 4.98 Å². The van der Waals surface area contributed by atoms with Crippen molar-refractivity contribution in [2.45, 2.75) is 17.6 Å². The van der Waals surface area contributed by atoms with Crippen LogP contribution < -0.4 is 0 Å². The van der Waals surface area contributed by atoms with E-state index < -0.39 is 5.97 Å². The first kappa shape index (κ1) is 13.4. The van der Waals surface area contributed by atoms with Crippen LogP contribution in [0.5, 0.6) is 0 Å². The molecule has 6 heteroatoms. The van der Waals surface area contributed by atoms with Gasteiger partial charge in [0, 0.05) is 21.7 Å². The molecule has 0 bridgehead atoms. The summed E-state index contributed by atoms with van der Waals surface area (Å²) in [5.41, 5.74) is 1.12. The molecular weight excluding hydrogens is 290 g/mol. The minimum Gasteiger partial charge on any atom is -0.478 e. The van der Waals surface area contributed by atoms with Gasteiger partial charge in [0.1, 0.15) is 0 Å². The van der Waals surface area contributed by atoms with Crippen LogP contribution in [0.15, 0.2) is 29.3 Å². The summed E-state index contributed by atoms with van der Waals surface area (Å²) >= 11 is 8.76. The lowest BCUT2D eigenvalue weighted by Crippen LogP contribution is -1.99. The predicted molar refractivity (Wildman–Crippen MR) is 74.8 cm³/mol. The minimum absolute atomic E-state index is 0.349. The molecule has 1 N–H and O–H groups in total. The summed E-state index contributed by atoms with van der Waals surface area (Å²) in [4.78, 5) is 17.0. The van der Waals surface area contributed by atoms with Gasteiger partial charge in [-0.25, -0.2) is 9.78 Å². The number of benzene rings is 1. The van der Waals surface area contributed by atoms with Gasteiger partial charge in [0.05, 0.1) is 5.56 Å². The first-order chi connectivity index (χ1) is 8.56. The second-order valence-corrected chi connectivity index (χ2v) is 6.40. The van der Waals surface area contributed by atoms with E-state index in [0.29, 0.717) is 10.0 Å². The van der Waals surface area contributed by atoms with Gasteiger partial charge in [-0.2, -0.15) is 0 Å². The van der Waals surface area contributed by atoms with Gasteiger partial charge in [0.15, 0.2) is 4.47 Å². The Labute approximate surface area is 118 Å². The summed E-state index contributed by atoms with van der Waals surface area (Å²) in [6, 6.07) is 5.45. The van der Waals surface area contributed by atoms with Crippen molar-refractivity contribution in [3.8, 4) is 0 Å². The summed E-state index contributed by atoms with van der Waals surface area (Å²) in [7, 11) is 0. The van der Waals surface area contributed by atoms with E-state index in [-0.39, 0.29) is 0 Å². The number of thiazole rings is 1. The summed E-state index contributed by atoms with van der Waals surface area (Å²) in [6.45, 7) is 1.79. The number of aromatic carboxylic acids is 1. The molecule has 0 saturated heterocycles. The maximum atomic E-state index is 11.0. The molecule has 2 aromatic rings. The lowest BCUT2D eigenvalue weighted by molar-refractivity contribution is 0.0696. The number of rotatable bonds is 4. The minimum atomic E-state index is -0.893. The molecule has 0 radical (unpaired) electrons. The molecule has 1 heterocycles. The number of carbonyl (C=O) groups is 1. The molecule has 0 amide bonds. The Bertz CT molecular complexity index is 583. The van der Waals surface area contributed by atoms with Crippen molar-refractivity contribution in [3.63, 3.8) is 0 Å². The number of carboxylic acid groups (broad SMARTS) is 1. The second kappa shape index (κ2) is 5.73. The van der Waals surface area contributed by atoms with Gasteiger partial charge in [0.25, 0.3) is 0 Å². The van der Waals surface area contributed by atoms with Crippen LogP contribution in [0.4, 0.5) is 0 Å². The topological polar surface area (TPSA) is 50.2 Å². The standard InChI is InChI=1S/C12H10ClNO2S2/c1-7-2-3-8(4-10(7)11(15)16)17-6-9-5-14-12(13)18-9/h2-5H,6H2,1H3,(H,15,16). The summed E-state index contributed by atoms with van der Waals surface area (Å²) in [6.07, 6.45) is 1.74. The van der Waals surface area contributed by atoms with E-state index in [0.717, 1.165) is 21.1 Å². The average molecular weight is 300 g/mol. The van der Waals surface area contributed by atoms with Gasteiger partial charge in [-0.3, -0.25) is 0 Å². The van der Waals surface area contributed by atoms with Gasteiger partial charge in [-0.15, -0.1) is 23.1 Å². The monoisotopic (exact) mass is 299 g/mol. The summed E-state index contributed by atoms with van der Waals surface area (Å²) in [5, 5.41) is 9.04. The number of nitrogens with zero attached hydrogens (tertiary/aromatic N) is 1. The Morgan fingerprint density at radius 3 is 2.94 bits per heavy atom. The van der Waals surface area contributed by atoms with E-state index in [1.165, 1.54) is 11.3 Å². The Balaban J connectivity index is 2.10. The zero-order valence-corrected chi connectivity index (χ0v) is 11.9. The number of aryl methyl sites for hydroxylation is 1. The van der Waals surface area contributed by atoms with Gasteiger partial charge >= 0.3 is 5.97 Å². The van der Waals surface area contributed by atoms with Crippen LogP contribution in [0, 0.1) is 6.92 Å². The van der Waals surface area contributed by atoms with Gasteiger partial charge < -0.3 is 5.11 Å². The molecule has 0 aliphatic heterocycles. The molecule has 94 valence electrons. The number of hydrogen-bond acceptors (Lipinski definition) is 4. The SMILES string of the molecule is Cc1ccc(SCc2cnc(Cl)s2)cc1C(=O)O. The fraction of sp³-hybridized carbons (Fsp3) is 0.167. The molecule has 1 aromatic heterocycles. The molecule has 0 fully saturated rings. The second-order valence-electron chi connectivity index (χ2n) is 3.65. The molecule has 1 aromatic carbocycles. The van der Waals surface area contributed by atoms with Crippen molar-refractivity contribution in [1.29, 1.82) is 0 Å². The lowest BCUT2D eigenvalue weighted by Gasteiger charge is -2.04. The third kappa shape index (κ3) is 3.25. The molecule has 0 aliphatic carbocycles. The molecule has 2 rings (SSSR count). The fourth-order valence-corrected chi connectivity index (χ4v) is 3.36. The van der Waals surface area contributed by atoms with E-state index in [2.05, 4.69) is 4.98 Å². The summed E-state index contributed by atoms with van der Waals surface area (Å²) < 4.78 is 0.528. The Morgan fingerprint density at radius 2 is 2.33 bits per heavy atom. The largest absolute Gasteiger partial charge is 0.478 e. The van der Waals surface area contributed by atoms with Crippen LogP contribution >= 0.6 is 34.7 Å². The Morgan fingerprint density at radius 1 is 1.56 bits per heavy atom. The molecule has 0 aliphatic rings. The van der Waals surface area contributed by atoms with Gasteiger partial charge in [-0.1, -0.05) is 17.7 Å². The van der Waals surface area contributed by atoms with E-state index in [4.69, 9.17) is 16.7 Å². The molecule has 0 saturated carbocycles. The first-order valence-electron chi connectivity index (χ1n) is 5.13. The van der Waals surface area contributed by atoms with Crippen molar-refractivity contribution < 1.29 is 9.90 Å². The number of aromatic nitrogens is 1. The third-order valence-electron chi connectivity index (χ3n) is 2.35. The maximum Gasteiger partial charge on any atom is 0.335 e. The summed E-state index contributed by atoms with van der Waals surface area (Å²) in [5.74, 6) is -0.150. The lowest BCUT2D eigenvalue weighted by atomic mass is 10.1. The maximum absolute atomic E-state index is 11.0. The quantitative estimate of drug-likeness (QED) is 0.864. The van der Waals surface area contributed by atoms with Crippen molar-refractivity contribution >= 4 is 40.7 Å². The Kier molecular flexibility index (Phi) is 4.27. The van der Waals surface area contributed by atoms with E-state index in [1.54, 1.807) is 30.9 Å². The molecule has 0 spiro atoms. The third-order valence-corrected chi connectivity index (χ3v) is 4.69. The molecule has 3 nitrogen and oxygen atoms in total. The fourth-order valence-electron chi connectivity index (χ4n) is 1.43. The van der Waals surface area contributed by atoms with Crippen LogP contribution in [0.3, 0.4) is 0 Å². The van der Waals surface area contributed by atoms with E-state index in [9.17, 15) is 4.79 Å². The van der Waals surface area contributed by atoms with Crippen molar-refractivity contribution in [2.75, 3.05) is 0 Å². The Hall–Kier alpha value is -1.04. The van der Waals surface area contributed by atoms with Crippen LogP contribution in [-0.4, -0.2) is 16.1 Å². The van der Waals surface area contributed by atoms with Gasteiger partial charge in [0.2, 0.25) is 0 Å². The number of thioether (sulfide) groups is 1. The predicted octanol–water partition coefficient (Wildman–Crippen LogP) is 4.10. The highest BCUT2D eigenvalue weighted by Crippen LogP contribution is 2.28. The highest BCUT2D eigenvalue weighted by molar-refractivity contribution is 7.98. The number of carboxylic acids is 1. The zero-order valence-electron chi connectivity index (χ0n) is 9.51.